The maximum absolute atomic E-state index is 13.1. The Morgan fingerprint density at radius 2 is 1.81 bits per heavy atom. The summed E-state index contributed by atoms with van der Waals surface area (Å²) in [4.78, 5) is 31.5. The highest BCUT2D eigenvalue weighted by Crippen LogP contribution is 2.32. The number of piperidine rings is 1. The minimum Gasteiger partial charge on any atom is -0.355 e. The number of nitrogens with zero attached hydrogens (tertiary/aromatic N) is 2. The van der Waals surface area contributed by atoms with Crippen LogP contribution in [-0.4, -0.2) is 66.1 Å². The molecular formula is C23H27N3O4S. The topological polar surface area (TPSA) is 80.8 Å². The quantitative estimate of drug-likeness (QED) is 0.665. The van der Waals surface area contributed by atoms with Gasteiger partial charge in [-0.05, 0) is 24.1 Å². The summed E-state index contributed by atoms with van der Waals surface area (Å²) in [5, 5.41) is 3.51. The Balaban J connectivity index is 1.28. The number of carbonyl (C=O) groups excluding carboxylic acids is 2. The Kier molecular flexibility index (Phi) is 7.21. The highest BCUT2D eigenvalue weighted by molar-refractivity contribution is 8.00. The summed E-state index contributed by atoms with van der Waals surface area (Å²) < 4.78 is 11.5. The number of benzene rings is 1. The second kappa shape index (κ2) is 10.3. The average molecular weight is 442 g/mol. The highest BCUT2D eigenvalue weighted by Gasteiger charge is 2.41. The van der Waals surface area contributed by atoms with E-state index in [4.69, 9.17) is 9.47 Å². The number of likely N-dealkylation sites (tertiary alicyclic amines) is 1. The van der Waals surface area contributed by atoms with Gasteiger partial charge < -0.3 is 19.7 Å². The lowest BCUT2D eigenvalue weighted by Crippen LogP contribution is -2.47. The third kappa shape index (κ3) is 5.64. The van der Waals surface area contributed by atoms with E-state index in [0.717, 1.165) is 6.42 Å². The fourth-order valence-electron chi connectivity index (χ4n) is 3.85. The van der Waals surface area contributed by atoms with Gasteiger partial charge in [0.1, 0.15) is 5.03 Å². The number of nitrogens with one attached hydrogen (secondary N) is 1. The molecule has 8 heteroatoms. The Bertz CT molecular complexity index is 893. The zero-order valence-electron chi connectivity index (χ0n) is 17.4. The van der Waals surface area contributed by atoms with Gasteiger partial charge in [0.05, 0.1) is 24.5 Å². The van der Waals surface area contributed by atoms with Crippen molar-refractivity contribution in [2.24, 2.45) is 0 Å². The SMILES string of the molecule is O=C(CSc1ncccc1C(=O)N1CCC2(CC1)OCCO2)NCCc1ccccc1. The maximum Gasteiger partial charge on any atom is 0.256 e. The van der Waals surface area contributed by atoms with Gasteiger partial charge in [-0.15, -0.1) is 0 Å². The normalized spacial score (nSPS) is 17.6. The molecule has 3 heterocycles. The molecule has 2 saturated heterocycles. The van der Waals surface area contributed by atoms with Crippen molar-refractivity contribution in [3.63, 3.8) is 0 Å². The van der Waals surface area contributed by atoms with Gasteiger partial charge in [0.15, 0.2) is 5.79 Å². The van der Waals surface area contributed by atoms with E-state index in [2.05, 4.69) is 10.3 Å². The molecule has 1 N–H and O–H groups in total. The van der Waals surface area contributed by atoms with Crippen LogP contribution in [0.5, 0.6) is 0 Å². The fraction of sp³-hybridized carbons (Fsp3) is 0.435. The van der Waals surface area contributed by atoms with Gasteiger partial charge in [-0.1, -0.05) is 42.1 Å². The van der Waals surface area contributed by atoms with Crippen molar-refractivity contribution in [1.82, 2.24) is 15.2 Å². The molecular weight excluding hydrogens is 414 g/mol. The van der Waals surface area contributed by atoms with Crippen molar-refractivity contribution < 1.29 is 19.1 Å². The first kappa shape index (κ1) is 21.8. The monoisotopic (exact) mass is 441 g/mol. The van der Waals surface area contributed by atoms with E-state index in [1.54, 1.807) is 18.3 Å². The maximum atomic E-state index is 13.1. The van der Waals surface area contributed by atoms with E-state index in [9.17, 15) is 9.59 Å². The van der Waals surface area contributed by atoms with Gasteiger partial charge in [0, 0.05) is 38.7 Å². The number of thioether (sulfide) groups is 1. The van der Waals surface area contributed by atoms with Crippen molar-refractivity contribution in [3.05, 3.63) is 59.8 Å². The predicted octanol–water partition coefficient (Wildman–Crippen LogP) is 2.51. The predicted molar refractivity (Wildman–Crippen MR) is 118 cm³/mol. The second-order valence-electron chi connectivity index (χ2n) is 7.63. The van der Waals surface area contributed by atoms with E-state index in [-0.39, 0.29) is 17.6 Å². The summed E-state index contributed by atoms with van der Waals surface area (Å²) in [6.45, 7) is 2.97. The zero-order valence-corrected chi connectivity index (χ0v) is 18.2. The molecule has 1 spiro atoms. The average Bonchev–Trinajstić information content (AvgIpc) is 3.26. The van der Waals surface area contributed by atoms with Gasteiger partial charge >= 0.3 is 0 Å². The van der Waals surface area contributed by atoms with Crippen LogP contribution in [-0.2, 0) is 20.7 Å². The van der Waals surface area contributed by atoms with Crippen LogP contribution in [0.3, 0.4) is 0 Å². The standard InChI is InChI=1S/C23H27N3O4S/c27-20(24-12-8-18-5-2-1-3-6-18)17-31-21-19(7-4-11-25-21)22(28)26-13-9-23(10-14-26)29-15-16-30-23/h1-7,11H,8-10,12-17H2,(H,24,27). The van der Waals surface area contributed by atoms with Crippen molar-refractivity contribution in [2.75, 3.05) is 38.6 Å². The molecule has 31 heavy (non-hydrogen) atoms. The third-order valence-electron chi connectivity index (χ3n) is 5.55. The molecule has 2 aliphatic heterocycles. The third-order valence-corrected chi connectivity index (χ3v) is 6.55. The van der Waals surface area contributed by atoms with Crippen LogP contribution < -0.4 is 5.32 Å². The highest BCUT2D eigenvalue weighted by atomic mass is 32.2. The van der Waals surface area contributed by atoms with Gasteiger partial charge in [-0.2, -0.15) is 0 Å². The molecule has 0 saturated carbocycles. The number of pyridine rings is 1. The van der Waals surface area contributed by atoms with E-state index >= 15 is 0 Å². The van der Waals surface area contributed by atoms with Crippen LogP contribution in [0, 0.1) is 0 Å². The molecule has 164 valence electrons. The summed E-state index contributed by atoms with van der Waals surface area (Å²) >= 11 is 1.29. The Hall–Kier alpha value is -2.42. The molecule has 2 fully saturated rings. The molecule has 0 unspecified atom stereocenters. The first-order chi connectivity index (χ1) is 15.2. The van der Waals surface area contributed by atoms with Gasteiger partial charge in [0.2, 0.25) is 5.91 Å². The summed E-state index contributed by atoms with van der Waals surface area (Å²) in [7, 11) is 0. The van der Waals surface area contributed by atoms with Crippen LogP contribution >= 0.6 is 11.8 Å². The van der Waals surface area contributed by atoms with Crippen LogP contribution in [0.1, 0.15) is 28.8 Å². The number of rotatable bonds is 7. The zero-order chi connectivity index (χ0) is 21.5. The summed E-state index contributed by atoms with van der Waals surface area (Å²) in [5.74, 6) is -0.425. The van der Waals surface area contributed by atoms with E-state index in [1.165, 1.54) is 17.3 Å². The molecule has 1 aromatic heterocycles. The fourth-order valence-corrected chi connectivity index (χ4v) is 4.67. The van der Waals surface area contributed by atoms with Crippen molar-refractivity contribution in [1.29, 1.82) is 0 Å². The van der Waals surface area contributed by atoms with E-state index in [1.807, 2.05) is 35.2 Å². The smallest absolute Gasteiger partial charge is 0.256 e. The largest absolute Gasteiger partial charge is 0.355 e. The molecule has 0 radical (unpaired) electrons. The van der Waals surface area contributed by atoms with Gasteiger partial charge in [0.25, 0.3) is 5.91 Å². The van der Waals surface area contributed by atoms with Crippen LogP contribution in [0.25, 0.3) is 0 Å². The van der Waals surface area contributed by atoms with E-state index in [0.29, 0.717) is 56.3 Å². The van der Waals surface area contributed by atoms with Crippen LogP contribution in [0.4, 0.5) is 0 Å². The van der Waals surface area contributed by atoms with Crippen LogP contribution in [0.15, 0.2) is 53.7 Å². The summed E-state index contributed by atoms with van der Waals surface area (Å²) in [6.07, 6.45) is 3.78. The first-order valence-electron chi connectivity index (χ1n) is 10.6. The van der Waals surface area contributed by atoms with Gasteiger partial charge in [-0.3, -0.25) is 9.59 Å². The number of amides is 2. The Labute approximate surface area is 186 Å². The molecule has 1 aromatic carbocycles. The lowest BCUT2D eigenvalue weighted by atomic mass is 10.0. The van der Waals surface area contributed by atoms with Crippen molar-refractivity contribution in [2.45, 2.75) is 30.1 Å². The molecule has 7 nitrogen and oxygen atoms in total. The van der Waals surface area contributed by atoms with Crippen LogP contribution in [0.2, 0.25) is 0 Å². The minimum atomic E-state index is -0.513. The Morgan fingerprint density at radius 1 is 1.06 bits per heavy atom. The number of aromatic nitrogens is 1. The summed E-state index contributed by atoms with van der Waals surface area (Å²) in [6, 6.07) is 13.6. The molecule has 0 bridgehead atoms. The number of hydrogen-bond donors (Lipinski definition) is 1. The second-order valence-corrected chi connectivity index (χ2v) is 8.59. The first-order valence-corrected chi connectivity index (χ1v) is 11.6. The number of ether oxygens (including phenoxy) is 2. The number of hydrogen-bond acceptors (Lipinski definition) is 6. The molecule has 4 rings (SSSR count). The minimum absolute atomic E-state index is 0.0621. The molecule has 0 atom stereocenters. The van der Waals surface area contributed by atoms with E-state index < -0.39 is 5.79 Å². The van der Waals surface area contributed by atoms with Gasteiger partial charge in [-0.25, -0.2) is 4.98 Å². The lowest BCUT2D eigenvalue weighted by molar-refractivity contribution is -0.181. The van der Waals surface area contributed by atoms with Crippen molar-refractivity contribution >= 4 is 23.6 Å². The number of carbonyl (C=O) groups is 2. The molecule has 2 aliphatic rings. The molecule has 0 aliphatic carbocycles. The Morgan fingerprint density at radius 3 is 2.55 bits per heavy atom. The van der Waals surface area contributed by atoms with Crippen molar-refractivity contribution in [3.8, 4) is 0 Å². The lowest BCUT2D eigenvalue weighted by Gasteiger charge is -2.37. The molecule has 2 amide bonds. The molecule has 2 aromatic rings. The summed E-state index contributed by atoms with van der Waals surface area (Å²) in [5.41, 5.74) is 1.72.